The normalized spacial score (nSPS) is 9.60. The molecule has 0 amide bonds. The Morgan fingerprint density at radius 1 is 1.30 bits per heavy atom. The molecule has 0 N–H and O–H groups in total. The van der Waals surface area contributed by atoms with Crippen molar-refractivity contribution in [1.29, 1.82) is 0 Å². The molecule has 0 spiro atoms. The highest BCUT2D eigenvalue weighted by atomic mass is 35.5. The standard InChI is InChI=1S/C8H17N.ClH/c1-4-5-6-7-8-9(2)3;/h4,6-8H2,1-3H3;1H. The third kappa shape index (κ3) is 11.1. The molecule has 0 aliphatic rings. The van der Waals surface area contributed by atoms with Crippen LogP contribution in [0.5, 0.6) is 0 Å². The monoisotopic (exact) mass is 163 g/mol. The molecule has 0 fully saturated rings. The van der Waals surface area contributed by atoms with E-state index in [1.54, 1.807) is 0 Å². The predicted molar refractivity (Wildman–Crippen MR) is 48.6 cm³/mol. The van der Waals surface area contributed by atoms with Crippen molar-refractivity contribution in [2.45, 2.75) is 26.2 Å². The van der Waals surface area contributed by atoms with Crippen LogP contribution in [0.4, 0.5) is 0 Å². The molecule has 0 saturated carbocycles. The van der Waals surface area contributed by atoms with Gasteiger partial charge < -0.3 is 4.90 Å². The number of hydrogen-bond acceptors (Lipinski definition) is 1. The van der Waals surface area contributed by atoms with Gasteiger partial charge in [0.15, 0.2) is 0 Å². The zero-order valence-electron chi connectivity index (χ0n) is 7.18. The Morgan fingerprint density at radius 3 is 2.30 bits per heavy atom. The van der Waals surface area contributed by atoms with Crippen LogP contribution in [-0.2, 0) is 0 Å². The number of nitrogens with zero attached hydrogens (tertiary/aromatic N) is 1. The molecule has 0 aromatic heterocycles. The number of rotatable bonds is 5. The van der Waals surface area contributed by atoms with Gasteiger partial charge in [0.25, 0.3) is 0 Å². The second kappa shape index (κ2) is 9.25. The molecule has 0 heterocycles. The van der Waals surface area contributed by atoms with E-state index in [1.807, 2.05) is 0 Å². The third-order valence-electron chi connectivity index (χ3n) is 1.21. The van der Waals surface area contributed by atoms with E-state index in [1.165, 1.54) is 13.0 Å². The molecule has 0 aliphatic heterocycles. The SMILES string of the molecule is CC[C]CCCN(C)C.Cl. The summed E-state index contributed by atoms with van der Waals surface area (Å²) in [5.41, 5.74) is 0. The lowest BCUT2D eigenvalue weighted by Gasteiger charge is -2.07. The Morgan fingerprint density at radius 2 is 1.90 bits per heavy atom. The van der Waals surface area contributed by atoms with E-state index in [9.17, 15) is 0 Å². The van der Waals surface area contributed by atoms with Crippen molar-refractivity contribution < 1.29 is 0 Å². The fraction of sp³-hybridized carbons (Fsp3) is 0.875. The van der Waals surface area contributed by atoms with E-state index in [2.05, 4.69) is 32.3 Å². The van der Waals surface area contributed by atoms with Crippen LogP contribution in [0.25, 0.3) is 0 Å². The van der Waals surface area contributed by atoms with E-state index in [4.69, 9.17) is 0 Å². The van der Waals surface area contributed by atoms with Crippen molar-refractivity contribution in [3.63, 3.8) is 0 Å². The summed E-state index contributed by atoms with van der Waals surface area (Å²) in [6, 6.07) is 0. The van der Waals surface area contributed by atoms with Gasteiger partial charge in [0.2, 0.25) is 0 Å². The fourth-order valence-corrected chi connectivity index (χ4v) is 0.697. The summed E-state index contributed by atoms with van der Waals surface area (Å²) >= 11 is 0. The second-order valence-corrected chi connectivity index (χ2v) is 2.51. The van der Waals surface area contributed by atoms with Crippen LogP contribution >= 0.6 is 12.4 Å². The first kappa shape index (κ1) is 12.9. The lowest BCUT2D eigenvalue weighted by Crippen LogP contribution is -2.12. The molecule has 62 valence electrons. The van der Waals surface area contributed by atoms with Crippen molar-refractivity contribution in [2.75, 3.05) is 20.6 Å². The minimum Gasteiger partial charge on any atom is -0.309 e. The molecule has 0 unspecified atom stereocenters. The van der Waals surface area contributed by atoms with Gasteiger partial charge in [-0.3, -0.25) is 0 Å². The van der Waals surface area contributed by atoms with Gasteiger partial charge >= 0.3 is 0 Å². The average Bonchev–Trinajstić information content (AvgIpc) is 1.80. The molecule has 0 rings (SSSR count). The van der Waals surface area contributed by atoms with E-state index in [0.717, 1.165) is 12.8 Å². The Hall–Kier alpha value is 0.250. The molecule has 0 atom stereocenters. The highest BCUT2D eigenvalue weighted by Crippen LogP contribution is 1.96. The molecule has 2 radical (unpaired) electrons. The fourth-order valence-electron chi connectivity index (χ4n) is 0.697. The summed E-state index contributed by atoms with van der Waals surface area (Å²) in [6.45, 7) is 3.32. The van der Waals surface area contributed by atoms with Crippen LogP contribution in [0, 0.1) is 6.42 Å². The predicted octanol–water partition coefficient (Wildman–Crippen LogP) is 2.24. The number of halogens is 1. The van der Waals surface area contributed by atoms with Crippen LogP contribution < -0.4 is 0 Å². The summed E-state index contributed by atoms with van der Waals surface area (Å²) in [5, 5.41) is 0. The molecule has 0 saturated heterocycles. The average molecular weight is 164 g/mol. The summed E-state index contributed by atoms with van der Waals surface area (Å²) in [7, 11) is 4.21. The van der Waals surface area contributed by atoms with Crippen molar-refractivity contribution in [3.8, 4) is 0 Å². The minimum absolute atomic E-state index is 0. The van der Waals surface area contributed by atoms with Crippen molar-refractivity contribution in [3.05, 3.63) is 6.42 Å². The Labute approximate surface area is 71.2 Å². The molecule has 0 bridgehead atoms. The molecule has 0 aromatic rings. The Bertz CT molecular complexity index is 55.2. The Kier molecular flexibility index (Phi) is 11.9. The zero-order chi connectivity index (χ0) is 7.11. The molecule has 0 aliphatic carbocycles. The van der Waals surface area contributed by atoms with Crippen LogP contribution in [-0.4, -0.2) is 25.5 Å². The number of unbranched alkanes of at least 4 members (excludes halogenated alkanes) is 3. The lowest BCUT2D eigenvalue weighted by molar-refractivity contribution is 0.399. The molecular weight excluding hydrogens is 146 g/mol. The minimum atomic E-state index is 0. The molecule has 0 aromatic carbocycles. The molecular formula is C8H18ClN. The van der Waals surface area contributed by atoms with E-state index < -0.39 is 0 Å². The van der Waals surface area contributed by atoms with Crippen LogP contribution in [0.1, 0.15) is 26.2 Å². The largest absolute Gasteiger partial charge is 0.309 e. The summed E-state index contributed by atoms with van der Waals surface area (Å²) in [4.78, 5) is 2.21. The first-order valence-corrected chi connectivity index (χ1v) is 3.62. The van der Waals surface area contributed by atoms with Crippen LogP contribution in [0.3, 0.4) is 0 Å². The zero-order valence-corrected chi connectivity index (χ0v) is 8.00. The van der Waals surface area contributed by atoms with Gasteiger partial charge in [0.05, 0.1) is 0 Å². The van der Waals surface area contributed by atoms with Gasteiger partial charge in [-0.1, -0.05) is 6.92 Å². The summed E-state index contributed by atoms with van der Waals surface area (Å²) < 4.78 is 0. The van der Waals surface area contributed by atoms with Crippen LogP contribution in [0.2, 0.25) is 0 Å². The van der Waals surface area contributed by atoms with Crippen molar-refractivity contribution in [2.24, 2.45) is 0 Å². The van der Waals surface area contributed by atoms with Gasteiger partial charge in [0.1, 0.15) is 0 Å². The van der Waals surface area contributed by atoms with Crippen molar-refractivity contribution in [1.82, 2.24) is 4.90 Å². The van der Waals surface area contributed by atoms with Crippen molar-refractivity contribution >= 4 is 12.4 Å². The molecule has 10 heavy (non-hydrogen) atoms. The molecule has 1 nitrogen and oxygen atoms in total. The van der Waals surface area contributed by atoms with Gasteiger partial charge in [-0.15, -0.1) is 12.4 Å². The van der Waals surface area contributed by atoms with Gasteiger partial charge in [-0.05, 0) is 46.3 Å². The topological polar surface area (TPSA) is 3.24 Å². The third-order valence-corrected chi connectivity index (χ3v) is 1.21. The summed E-state index contributed by atoms with van der Waals surface area (Å²) in [5.74, 6) is 0. The Balaban J connectivity index is 0. The number of hydrogen-bond donors (Lipinski definition) is 0. The second-order valence-electron chi connectivity index (χ2n) is 2.51. The van der Waals surface area contributed by atoms with Crippen LogP contribution in [0.15, 0.2) is 0 Å². The maximum Gasteiger partial charge on any atom is -0.00246 e. The highest BCUT2D eigenvalue weighted by Gasteiger charge is 1.89. The quantitative estimate of drug-likeness (QED) is 0.562. The van der Waals surface area contributed by atoms with E-state index in [0.29, 0.717) is 0 Å². The van der Waals surface area contributed by atoms with Gasteiger partial charge in [0, 0.05) is 0 Å². The highest BCUT2D eigenvalue weighted by molar-refractivity contribution is 5.85. The van der Waals surface area contributed by atoms with E-state index >= 15 is 0 Å². The first-order valence-electron chi connectivity index (χ1n) is 3.62. The summed E-state index contributed by atoms with van der Waals surface area (Å²) in [6.07, 6.45) is 6.77. The van der Waals surface area contributed by atoms with Gasteiger partial charge in [-0.2, -0.15) is 0 Å². The first-order chi connectivity index (χ1) is 4.27. The maximum atomic E-state index is 3.28. The van der Waals surface area contributed by atoms with E-state index in [-0.39, 0.29) is 12.4 Å². The molecule has 2 heteroatoms. The smallest absolute Gasteiger partial charge is 0.00246 e. The maximum absolute atomic E-state index is 3.28. The van der Waals surface area contributed by atoms with Gasteiger partial charge in [-0.25, -0.2) is 0 Å². The lowest BCUT2D eigenvalue weighted by atomic mass is 10.2.